The number of hydrogen-bond donors (Lipinski definition) is 2. The van der Waals surface area contributed by atoms with Crippen molar-refractivity contribution in [3.8, 4) is 16.9 Å². The van der Waals surface area contributed by atoms with Gasteiger partial charge < -0.3 is 14.6 Å². The second-order valence-electron chi connectivity index (χ2n) is 7.45. The molecule has 28 heavy (non-hydrogen) atoms. The van der Waals surface area contributed by atoms with Crippen molar-refractivity contribution < 1.29 is 14.6 Å². The Labute approximate surface area is 163 Å². The lowest BCUT2D eigenvalue weighted by molar-refractivity contribution is 0.113. The highest BCUT2D eigenvalue weighted by Gasteiger charge is 2.23. The zero-order valence-corrected chi connectivity index (χ0v) is 15.8. The van der Waals surface area contributed by atoms with Crippen LogP contribution in [0.5, 0.6) is 5.75 Å². The second kappa shape index (κ2) is 8.17. The van der Waals surface area contributed by atoms with Gasteiger partial charge >= 0.3 is 5.63 Å². The number of fused-ring (bicyclic) bond motifs is 1. The molecule has 3 aromatic rings. The maximum absolute atomic E-state index is 12.2. The quantitative estimate of drug-likeness (QED) is 0.658. The highest BCUT2D eigenvalue weighted by atomic mass is 16.4. The van der Waals surface area contributed by atoms with Crippen LogP contribution in [0.2, 0.25) is 0 Å². The summed E-state index contributed by atoms with van der Waals surface area (Å²) in [5, 5.41) is 20.8. The molecule has 0 amide bonds. The van der Waals surface area contributed by atoms with Gasteiger partial charge in [-0.15, -0.1) is 0 Å². The third-order valence-electron chi connectivity index (χ3n) is 5.62. The lowest BCUT2D eigenvalue weighted by atomic mass is 9.97. The van der Waals surface area contributed by atoms with Gasteiger partial charge in [-0.3, -0.25) is 4.90 Å². The maximum Gasteiger partial charge on any atom is 0.336 e. The highest BCUT2D eigenvalue weighted by molar-refractivity contribution is 5.88. The van der Waals surface area contributed by atoms with E-state index in [0.717, 1.165) is 42.3 Å². The van der Waals surface area contributed by atoms with Gasteiger partial charge in [0.15, 0.2) is 0 Å². The molecule has 1 aliphatic rings. The smallest absolute Gasteiger partial charge is 0.336 e. The average Bonchev–Trinajstić information content (AvgIpc) is 2.70. The van der Waals surface area contributed by atoms with E-state index in [1.807, 2.05) is 30.3 Å². The monoisotopic (exact) mass is 379 g/mol. The summed E-state index contributed by atoms with van der Waals surface area (Å²) >= 11 is 0. The number of nitrogens with zero attached hydrogens (tertiary/aromatic N) is 1. The van der Waals surface area contributed by atoms with Crippen LogP contribution in [0.1, 0.15) is 31.2 Å². The van der Waals surface area contributed by atoms with Crippen LogP contribution in [-0.2, 0) is 6.54 Å². The van der Waals surface area contributed by atoms with E-state index in [0.29, 0.717) is 23.7 Å². The number of rotatable bonds is 5. The van der Waals surface area contributed by atoms with Gasteiger partial charge in [-0.2, -0.15) is 0 Å². The van der Waals surface area contributed by atoms with Crippen molar-refractivity contribution >= 4 is 11.0 Å². The van der Waals surface area contributed by atoms with E-state index in [2.05, 4.69) is 4.90 Å². The van der Waals surface area contributed by atoms with Crippen LogP contribution in [0, 0.1) is 0 Å². The molecule has 1 atom stereocenters. The van der Waals surface area contributed by atoms with Crippen molar-refractivity contribution in [2.45, 2.75) is 38.3 Å². The van der Waals surface area contributed by atoms with Crippen molar-refractivity contribution in [3.05, 3.63) is 64.5 Å². The van der Waals surface area contributed by atoms with E-state index >= 15 is 0 Å². The first-order valence-corrected chi connectivity index (χ1v) is 9.86. The number of phenols is 1. The van der Waals surface area contributed by atoms with Crippen LogP contribution in [0.25, 0.3) is 22.1 Å². The number of piperidine rings is 1. The second-order valence-corrected chi connectivity index (χ2v) is 7.45. The van der Waals surface area contributed by atoms with Crippen molar-refractivity contribution in [1.29, 1.82) is 0 Å². The van der Waals surface area contributed by atoms with Crippen molar-refractivity contribution in [3.63, 3.8) is 0 Å². The highest BCUT2D eigenvalue weighted by Crippen LogP contribution is 2.34. The van der Waals surface area contributed by atoms with Crippen molar-refractivity contribution in [2.75, 3.05) is 13.2 Å². The fraction of sp³-hybridized carbons (Fsp3) is 0.348. The molecular formula is C23H25NO4. The molecule has 146 valence electrons. The van der Waals surface area contributed by atoms with Gasteiger partial charge in [-0.25, -0.2) is 4.79 Å². The first-order valence-electron chi connectivity index (χ1n) is 9.86. The predicted octanol–water partition coefficient (Wildman–Crippen LogP) is 3.90. The van der Waals surface area contributed by atoms with Gasteiger partial charge in [0.05, 0.1) is 0 Å². The lowest BCUT2D eigenvalue weighted by Gasteiger charge is -2.35. The van der Waals surface area contributed by atoms with Gasteiger partial charge in [0.1, 0.15) is 11.3 Å². The van der Waals surface area contributed by atoms with Gasteiger partial charge in [-0.05, 0) is 49.1 Å². The van der Waals surface area contributed by atoms with Gasteiger partial charge in [0.25, 0.3) is 0 Å². The van der Waals surface area contributed by atoms with E-state index in [-0.39, 0.29) is 18.0 Å². The zero-order chi connectivity index (χ0) is 19.5. The first kappa shape index (κ1) is 18.7. The number of aliphatic hydroxyl groups is 1. The minimum atomic E-state index is -0.386. The summed E-state index contributed by atoms with van der Waals surface area (Å²) in [5.74, 6) is 0.166. The summed E-state index contributed by atoms with van der Waals surface area (Å²) in [6, 6.07) is 14.8. The Bertz CT molecular complexity index is 1010. The van der Waals surface area contributed by atoms with E-state index < -0.39 is 0 Å². The SMILES string of the molecule is O=c1cc(CN2CCCC[C@H]2CCO)c2cc(O)c(-c3ccccc3)cc2o1. The number of hydrogen-bond acceptors (Lipinski definition) is 5. The fourth-order valence-electron chi connectivity index (χ4n) is 4.20. The molecule has 2 heterocycles. The van der Waals surface area contributed by atoms with Crippen LogP contribution in [-0.4, -0.2) is 34.3 Å². The minimum Gasteiger partial charge on any atom is -0.507 e. The third kappa shape index (κ3) is 3.81. The molecule has 0 saturated carbocycles. The molecule has 1 aromatic heterocycles. The summed E-state index contributed by atoms with van der Waals surface area (Å²) in [4.78, 5) is 14.5. The molecule has 4 rings (SSSR count). The molecule has 2 aromatic carbocycles. The molecule has 0 unspecified atom stereocenters. The Balaban J connectivity index is 1.75. The molecule has 2 N–H and O–H groups in total. The Hall–Kier alpha value is -2.63. The molecule has 0 bridgehead atoms. The van der Waals surface area contributed by atoms with E-state index in [4.69, 9.17) is 4.42 Å². The van der Waals surface area contributed by atoms with E-state index in [1.54, 1.807) is 12.1 Å². The number of benzene rings is 2. The largest absolute Gasteiger partial charge is 0.507 e. The number of phenolic OH excluding ortho intramolecular Hbond substituents is 1. The van der Waals surface area contributed by atoms with Crippen molar-refractivity contribution in [2.24, 2.45) is 0 Å². The Morgan fingerprint density at radius 1 is 1.11 bits per heavy atom. The van der Waals surface area contributed by atoms with Crippen LogP contribution >= 0.6 is 0 Å². The predicted molar refractivity (Wildman–Crippen MR) is 109 cm³/mol. The fourth-order valence-corrected chi connectivity index (χ4v) is 4.20. The Morgan fingerprint density at radius 3 is 2.71 bits per heavy atom. The Kier molecular flexibility index (Phi) is 5.46. The molecular weight excluding hydrogens is 354 g/mol. The lowest BCUT2D eigenvalue weighted by Crippen LogP contribution is -2.39. The van der Waals surface area contributed by atoms with Crippen LogP contribution in [0.4, 0.5) is 0 Å². The summed E-state index contributed by atoms with van der Waals surface area (Å²) in [6.07, 6.45) is 4.08. The number of aromatic hydroxyl groups is 1. The van der Waals surface area contributed by atoms with Gasteiger partial charge in [-0.1, -0.05) is 36.8 Å². The maximum atomic E-state index is 12.2. The van der Waals surface area contributed by atoms with Crippen LogP contribution in [0.15, 0.2) is 57.7 Å². The van der Waals surface area contributed by atoms with Crippen LogP contribution in [0.3, 0.4) is 0 Å². The normalized spacial score (nSPS) is 17.8. The average molecular weight is 379 g/mol. The van der Waals surface area contributed by atoms with Crippen LogP contribution < -0.4 is 5.63 Å². The molecule has 1 saturated heterocycles. The van der Waals surface area contributed by atoms with Gasteiger partial charge in [0, 0.05) is 36.2 Å². The third-order valence-corrected chi connectivity index (χ3v) is 5.62. The summed E-state index contributed by atoms with van der Waals surface area (Å²) < 4.78 is 5.46. The van der Waals surface area contributed by atoms with Crippen molar-refractivity contribution in [1.82, 2.24) is 4.90 Å². The summed E-state index contributed by atoms with van der Waals surface area (Å²) in [7, 11) is 0. The number of likely N-dealkylation sites (tertiary alicyclic amines) is 1. The minimum absolute atomic E-state index is 0.166. The van der Waals surface area contributed by atoms with Gasteiger partial charge in [0.2, 0.25) is 0 Å². The first-order chi connectivity index (χ1) is 13.7. The molecule has 0 spiro atoms. The topological polar surface area (TPSA) is 73.9 Å². The van der Waals surface area contributed by atoms with E-state index in [9.17, 15) is 15.0 Å². The molecule has 0 radical (unpaired) electrons. The molecule has 5 heteroatoms. The molecule has 1 aliphatic heterocycles. The van der Waals surface area contributed by atoms with E-state index in [1.165, 1.54) is 12.5 Å². The summed E-state index contributed by atoms with van der Waals surface area (Å²) in [6.45, 7) is 1.72. The molecule has 5 nitrogen and oxygen atoms in total. The zero-order valence-electron chi connectivity index (χ0n) is 15.8. The molecule has 1 fully saturated rings. The standard InChI is InChI=1S/C23H25NO4/c25-11-9-18-8-4-5-10-24(18)15-17-12-23(27)28-22-14-19(21(26)13-20(17)22)16-6-2-1-3-7-16/h1-3,6-7,12-14,18,25-26H,4-5,8-11,15H2/t18-/m0/s1. The number of aliphatic hydroxyl groups excluding tert-OH is 1. The Morgan fingerprint density at radius 2 is 1.93 bits per heavy atom. The summed E-state index contributed by atoms with van der Waals surface area (Å²) in [5.41, 5.74) is 2.46. The molecule has 0 aliphatic carbocycles.